The van der Waals surface area contributed by atoms with Crippen molar-refractivity contribution in [2.24, 2.45) is 0 Å². The second-order valence-electron chi connectivity index (χ2n) is 8.01. The van der Waals surface area contributed by atoms with Gasteiger partial charge in [0.2, 0.25) is 0 Å². The molecule has 32 heavy (non-hydrogen) atoms. The van der Waals surface area contributed by atoms with E-state index in [1.807, 2.05) is 41.9 Å². The molecule has 3 aromatic carbocycles. The van der Waals surface area contributed by atoms with Gasteiger partial charge in [0, 0.05) is 34.9 Å². The molecule has 0 fully saturated rings. The van der Waals surface area contributed by atoms with Crippen molar-refractivity contribution in [1.82, 2.24) is 19.7 Å². The Morgan fingerprint density at radius 1 is 0.812 bits per heavy atom. The van der Waals surface area contributed by atoms with Crippen LogP contribution in [0.2, 0.25) is 0 Å². The van der Waals surface area contributed by atoms with Gasteiger partial charge in [-0.1, -0.05) is 66.7 Å². The fraction of sp³-hybridized carbons (Fsp3) is 0.0741. The van der Waals surface area contributed by atoms with Crippen LogP contribution in [0.5, 0.6) is 5.75 Å². The van der Waals surface area contributed by atoms with Gasteiger partial charge in [-0.2, -0.15) is 9.78 Å². The monoisotopic (exact) mass is 416 g/mol. The first-order valence-corrected chi connectivity index (χ1v) is 10.6. The van der Waals surface area contributed by atoms with Crippen LogP contribution in [0.4, 0.5) is 0 Å². The summed E-state index contributed by atoms with van der Waals surface area (Å²) in [5.74, 6) is 0.685. The molecule has 2 heterocycles. The van der Waals surface area contributed by atoms with Gasteiger partial charge in [-0.15, -0.1) is 0 Å². The van der Waals surface area contributed by atoms with Gasteiger partial charge in [0.1, 0.15) is 5.75 Å². The molecule has 2 aromatic heterocycles. The average Bonchev–Trinajstić information content (AvgIpc) is 3.38. The van der Waals surface area contributed by atoms with Gasteiger partial charge in [0.05, 0.1) is 17.1 Å². The minimum atomic E-state index is 0.196. The maximum Gasteiger partial charge on any atom is 0.251 e. The third kappa shape index (κ3) is 2.82. The Morgan fingerprint density at radius 3 is 2.34 bits per heavy atom. The van der Waals surface area contributed by atoms with Crippen molar-refractivity contribution < 1.29 is 5.11 Å². The molecule has 0 radical (unpaired) electrons. The minimum Gasteiger partial charge on any atom is -0.507 e. The highest BCUT2D eigenvalue weighted by molar-refractivity contribution is 5.82. The van der Waals surface area contributed by atoms with Crippen LogP contribution in [0.3, 0.4) is 0 Å². The van der Waals surface area contributed by atoms with Gasteiger partial charge in [-0.05, 0) is 30.2 Å². The van der Waals surface area contributed by atoms with Crippen molar-refractivity contribution >= 4 is 0 Å². The first-order chi connectivity index (χ1) is 15.7. The van der Waals surface area contributed by atoms with Crippen molar-refractivity contribution in [3.63, 3.8) is 0 Å². The van der Waals surface area contributed by atoms with Crippen LogP contribution in [0.25, 0.3) is 39.7 Å². The van der Waals surface area contributed by atoms with Gasteiger partial charge in [-0.3, -0.25) is 0 Å². The number of aryl methyl sites for hydroxylation is 1. The van der Waals surface area contributed by atoms with Gasteiger partial charge >= 0.3 is 0 Å². The number of para-hydroxylation sites is 1. The van der Waals surface area contributed by atoms with Crippen molar-refractivity contribution in [2.75, 3.05) is 0 Å². The Bertz CT molecular complexity index is 1470. The molecule has 0 saturated heterocycles. The predicted octanol–water partition coefficient (Wildman–Crippen LogP) is 5.58. The zero-order valence-corrected chi connectivity index (χ0v) is 17.5. The summed E-state index contributed by atoms with van der Waals surface area (Å²) in [6.45, 7) is 1.95. The highest BCUT2D eigenvalue weighted by Gasteiger charge is 2.29. The van der Waals surface area contributed by atoms with E-state index in [1.165, 1.54) is 11.1 Å². The summed E-state index contributed by atoms with van der Waals surface area (Å²) >= 11 is 0. The van der Waals surface area contributed by atoms with Crippen LogP contribution in [-0.4, -0.2) is 24.9 Å². The Morgan fingerprint density at radius 2 is 1.53 bits per heavy atom. The molecule has 0 aliphatic heterocycles. The zero-order chi connectivity index (χ0) is 21.7. The van der Waals surface area contributed by atoms with E-state index in [-0.39, 0.29) is 5.75 Å². The lowest BCUT2D eigenvalue weighted by Crippen LogP contribution is -2.06. The maximum absolute atomic E-state index is 10.4. The van der Waals surface area contributed by atoms with E-state index in [0.717, 1.165) is 34.5 Å². The van der Waals surface area contributed by atoms with Gasteiger partial charge < -0.3 is 5.11 Å². The molecular formula is C27H20N4O. The van der Waals surface area contributed by atoms with Crippen molar-refractivity contribution in [2.45, 2.75) is 13.3 Å². The molecule has 0 unspecified atom stereocenters. The lowest BCUT2D eigenvalue weighted by Gasteiger charge is -2.11. The summed E-state index contributed by atoms with van der Waals surface area (Å²) in [6, 6.07) is 25.9. The van der Waals surface area contributed by atoms with E-state index in [2.05, 4.69) is 41.4 Å². The maximum atomic E-state index is 10.4. The Balaban J connectivity index is 1.60. The molecule has 1 aliphatic rings. The topological polar surface area (TPSA) is 63.8 Å². The molecule has 154 valence electrons. The summed E-state index contributed by atoms with van der Waals surface area (Å²) in [6.07, 6.45) is 2.62. The summed E-state index contributed by atoms with van der Waals surface area (Å²) < 4.78 is 1.85. The Hall–Kier alpha value is -4.25. The SMILES string of the molecule is Cc1cnc(-n2nc(-c3ccccc3)c3c2-c2ccccc2C3)nc1-c1ccccc1O. The van der Waals surface area contributed by atoms with E-state index in [1.54, 1.807) is 18.3 Å². The molecule has 1 N–H and O–H groups in total. The number of fused-ring (bicyclic) bond motifs is 3. The second-order valence-corrected chi connectivity index (χ2v) is 8.01. The van der Waals surface area contributed by atoms with E-state index < -0.39 is 0 Å². The number of phenolic OH excluding ortho intramolecular Hbond substituents is 1. The molecule has 0 amide bonds. The van der Waals surface area contributed by atoms with Gasteiger partial charge in [-0.25, -0.2) is 9.97 Å². The molecule has 1 aliphatic carbocycles. The van der Waals surface area contributed by atoms with Crippen LogP contribution in [0.15, 0.2) is 85.1 Å². The first kappa shape index (κ1) is 18.5. The van der Waals surface area contributed by atoms with Gasteiger partial charge in [0.15, 0.2) is 0 Å². The third-order valence-electron chi connectivity index (χ3n) is 5.98. The lowest BCUT2D eigenvalue weighted by atomic mass is 10.1. The Labute approximate surface area is 185 Å². The number of rotatable bonds is 3. The molecular weight excluding hydrogens is 396 g/mol. The standard InChI is InChI=1S/C27H20N4O/c1-17-16-28-27(29-24(17)21-13-7-8-14-23(21)32)31-26-20-12-6-5-11-19(20)15-22(26)25(30-31)18-9-3-2-4-10-18/h2-14,16,32H,15H2,1H3. The van der Waals surface area contributed by atoms with Crippen LogP contribution in [0, 0.1) is 6.92 Å². The number of benzene rings is 3. The largest absolute Gasteiger partial charge is 0.507 e. The smallest absolute Gasteiger partial charge is 0.251 e. The van der Waals surface area contributed by atoms with Crippen LogP contribution in [-0.2, 0) is 6.42 Å². The molecule has 5 aromatic rings. The van der Waals surface area contributed by atoms with Crippen molar-refractivity contribution in [3.8, 4) is 45.5 Å². The quantitative estimate of drug-likeness (QED) is 0.409. The second kappa shape index (κ2) is 7.17. The first-order valence-electron chi connectivity index (χ1n) is 10.6. The fourth-order valence-electron chi connectivity index (χ4n) is 4.44. The normalized spacial score (nSPS) is 11.9. The van der Waals surface area contributed by atoms with E-state index in [4.69, 9.17) is 10.1 Å². The fourth-order valence-corrected chi connectivity index (χ4v) is 4.44. The highest BCUT2D eigenvalue weighted by atomic mass is 16.3. The third-order valence-corrected chi connectivity index (χ3v) is 5.98. The number of phenols is 1. The predicted molar refractivity (Wildman–Crippen MR) is 125 cm³/mol. The van der Waals surface area contributed by atoms with Crippen molar-refractivity contribution in [3.05, 3.63) is 102 Å². The summed E-state index contributed by atoms with van der Waals surface area (Å²) in [5.41, 5.74) is 8.95. The lowest BCUT2D eigenvalue weighted by molar-refractivity contribution is 0.477. The Kier molecular flexibility index (Phi) is 4.15. The summed E-state index contributed by atoms with van der Waals surface area (Å²) in [4.78, 5) is 9.49. The molecule has 0 saturated carbocycles. The van der Waals surface area contributed by atoms with E-state index in [9.17, 15) is 5.11 Å². The molecule has 0 spiro atoms. The average molecular weight is 416 g/mol. The zero-order valence-electron chi connectivity index (χ0n) is 17.5. The van der Waals surface area contributed by atoms with Crippen LogP contribution < -0.4 is 0 Å². The highest BCUT2D eigenvalue weighted by Crippen LogP contribution is 2.42. The molecule has 5 nitrogen and oxygen atoms in total. The number of hydrogen-bond donors (Lipinski definition) is 1. The number of aromatic hydroxyl groups is 1. The summed E-state index contributed by atoms with van der Waals surface area (Å²) in [7, 11) is 0. The number of aromatic nitrogens is 4. The van der Waals surface area contributed by atoms with E-state index >= 15 is 0 Å². The van der Waals surface area contributed by atoms with Crippen molar-refractivity contribution in [1.29, 1.82) is 0 Å². The molecule has 0 atom stereocenters. The number of nitrogens with zero attached hydrogens (tertiary/aromatic N) is 4. The van der Waals surface area contributed by atoms with Gasteiger partial charge in [0.25, 0.3) is 5.95 Å². The minimum absolute atomic E-state index is 0.196. The summed E-state index contributed by atoms with van der Waals surface area (Å²) in [5, 5.41) is 15.4. The van der Waals surface area contributed by atoms with Crippen LogP contribution in [0.1, 0.15) is 16.7 Å². The number of hydrogen-bond acceptors (Lipinski definition) is 4. The molecule has 0 bridgehead atoms. The van der Waals surface area contributed by atoms with Crippen LogP contribution >= 0.6 is 0 Å². The molecule has 5 heteroatoms. The molecule has 6 rings (SSSR count). The van der Waals surface area contributed by atoms with E-state index in [0.29, 0.717) is 17.2 Å².